The molecule has 0 fully saturated rings. The fraction of sp³-hybridized carbons (Fsp3) is 0.273. The number of hydrogen-bond acceptors (Lipinski definition) is 9. The summed E-state index contributed by atoms with van der Waals surface area (Å²) in [6, 6.07) is 9.96. The summed E-state index contributed by atoms with van der Waals surface area (Å²) in [5, 5.41) is 17.9. The van der Waals surface area contributed by atoms with Crippen LogP contribution in [0.4, 0.5) is 11.6 Å². The Hall–Kier alpha value is -4.28. The van der Waals surface area contributed by atoms with Gasteiger partial charge in [-0.05, 0) is 47.2 Å². The number of ether oxygens (including phenoxy) is 4. The number of nitrogens with zero attached hydrogens (tertiary/aromatic N) is 4. The van der Waals surface area contributed by atoms with E-state index < -0.39 is 6.04 Å². The van der Waals surface area contributed by atoms with Gasteiger partial charge in [-0.1, -0.05) is 11.2 Å². The number of carbonyl (C=O) groups is 1. The molecule has 2 N–H and O–H groups in total. The third-order valence-electron chi connectivity index (χ3n) is 5.34. The Balaban J connectivity index is 1.77. The van der Waals surface area contributed by atoms with Crippen LogP contribution in [-0.4, -0.2) is 54.6 Å². The molecule has 1 unspecified atom stereocenters. The Bertz CT molecular complexity index is 1220. The van der Waals surface area contributed by atoms with Crippen molar-refractivity contribution < 1.29 is 23.7 Å². The SMILES string of the molecule is COc1ccc(NC(=O)C2=C(C)Nc3nnnn3C2c2ccc(OC)c(OC)c2)c(OC)c1. The van der Waals surface area contributed by atoms with Crippen LogP contribution in [-0.2, 0) is 4.79 Å². The van der Waals surface area contributed by atoms with Crippen LogP contribution in [0.1, 0.15) is 18.5 Å². The zero-order valence-electron chi connectivity index (χ0n) is 18.9. The summed E-state index contributed by atoms with van der Waals surface area (Å²) in [6.07, 6.45) is 0. The molecule has 1 amide bonds. The number of benzene rings is 2. The molecule has 11 nitrogen and oxygen atoms in total. The Labute approximate surface area is 190 Å². The summed E-state index contributed by atoms with van der Waals surface area (Å²) < 4.78 is 23.0. The lowest BCUT2D eigenvalue weighted by molar-refractivity contribution is -0.113. The molecule has 1 aliphatic rings. The normalized spacial score (nSPS) is 14.8. The second-order valence-corrected chi connectivity index (χ2v) is 7.15. The third kappa shape index (κ3) is 4.00. The van der Waals surface area contributed by atoms with Gasteiger partial charge in [0.15, 0.2) is 11.5 Å². The highest BCUT2D eigenvalue weighted by Gasteiger charge is 2.34. The molecule has 0 saturated heterocycles. The maximum Gasteiger partial charge on any atom is 0.255 e. The lowest BCUT2D eigenvalue weighted by atomic mass is 9.94. The molecular formula is C22H24N6O5. The molecule has 1 aromatic heterocycles. The first-order valence-electron chi connectivity index (χ1n) is 10.0. The van der Waals surface area contributed by atoms with Gasteiger partial charge in [0.1, 0.15) is 17.5 Å². The smallest absolute Gasteiger partial charge is 0.255 e. The monoisotopic (exact) mass is 452 g/mol. The minimum Gasteiger partial charge on any atom is -0.497 e. The highest BCUT2D eigenvalue weighted by Crippen LogP contribution is 2.39. The van der Waals surface area contributed by atoms with Crippen LogP contribution in [0.25, 0.3) is 0 Å². The third-order valence-corrected chi connectivity index (χ3v) is 5.34. The predicted octanol–water partition coefficient (Wildman–Crippen LogP) is 2.64. The van der Waals surface area contributed by atoms with E-state index in [0.717, 1.165) is 5.56 Å². The number of amides is 1. The number of methoxy groups -OCH3 is 4. The number of rotatable bonds is 7. The van der Waals surface area contributed by atoms with Crippen molar-refractivity contribution >= 4 is 17.5 Å². The molecule has 2 heterocycles. The Morgan fingerprint density at radius 1 is 0.970 bits per heavy atom. The van der Waals surface area contributed by atoms with Gasteiger partial charge in [-0.2, -0.15) is 4.68 Å². The predicted molar refractivity (Wildman–Crippen MR) is 120 cm³/mol. The Kier molecular flexibility index (Phi) is 6.03. The molecule has 0 spiro atoms. The summed E-state index contributed by atoms with van der Waals surface area (Å²) in [6.45, 7) is 1.80. The Morgan fingerprint density at radius 3 is 2.42 bits per heavy atom. The number of hydrogen-bond donors (Lipinski definition) is 2. The van der Waals surface area contributed by atoms with Crippen LogP contribution in [0.3, 0.4) is 0 Å². The van der Waals surface area contributed by atoms with Crippen molar-refractivity contribution in [2.75, 3.05) is 39.1 Å². The van der Waals surface area contributed by atoms with E-state index in [0.29, 0.717) is 45.9 Å². The number of allylic oxidation sites excluding steroid dienone is 1. The number of anilines is 2. The quantitative estimate of drug-likeness (QED) is 0.557. The van der Waals surface area contributed by atoms with Gasteiger partial charge in [0.2, 0.25) is 5.95 Å². The number of aromatic nitrogens is 4. The summed E-state index contributed by atoms with van der Waals surface area (Å²) in [5.41, 5.74) is 2.29. The summed E-state index contributed by atoms with van der Waals surface area (Å²) >= 11 is 0. The highest BCUT2D eigenvalue weighted by molar-refractivity contribution is 6.06. The van der Waals surface area contributed by atoms with Gasteiger partial charge in [-0.15, -0.1) is 0 Å². The molecule has 1 aliphatic heterocycles. The Morgan fingerprint density at radius 2 is 1.73 bits per heavy atom. The molecule has 1 atom stereocenters. The first kappa shape index (κ1) is 21.9. The van der Waals surface area contributed by atoms with E-state index in [2.05, 4.69) is 26.2 Å². The molecule has 0 aliphatic carbocycles. The molecular weight excluding hydrogens is 428 g/mol. The first-order chi connectivity index (χ1) is 16.0. The standard InChI is InChI=1S/C22H24N6O5/c1-12-19(21(29)24-15-8-7-14(30-2)11-17(15)32-4)20(28-22(23-12)25-26-27-28)13-6-9-16(31-3)18(10-13)33-5/h6-11,20H,1-5H3,(H,24,29)(H,23,25,27). The molecule has 0 radical (unpaired) electrons. The largest absolute Gasteiger partial charge is 0.497 e. The van der Waals surface area contributed by atoms with Crippen molar-refractivity contribution in [2.45, 2.75) is 13.0 Å². The second-order valence-electron chi connectivity index (χ2n) is 7.15. The molecule has 11 heteroatoms. The van der Waals surface area contributed by atoms with Crippen LogP contribution in [0.2, 0.25) is 0 Å². The maximum atomic E-state index is 13.6. The van der Waals surface area contributed by atoms with E-state index >= 15 is 0 Å². The lowest BCUT2D eigenvalue weighted by Crippen LogP contribution is -2.31. The van der Waals surface area contributed by atoms with Crippen LogP contribution in [0, 0.1) is 0 Å². The number of fused-ring (bicyclic) bond motifs is 1. The van der Waals surface area contributed by atoms with E-state index in [1.807, 2.05) is 6.07 Å². The van der Waals surface area contributed by atoms with E-state index in [9.17, 15) is 4.79 Å². The molecule has 0 saturated carbocycles. The van der Waals surface area contributed by atoms with Crippen LogP contribution >= 0.6 is 0 Å². The van der Waals surface area contributed by atoms with Crippen molar-refractivity contribution in [3.63, 3.8) is 0 Å². The topological polar surface area (TPSA) is 122 Å². The van der Waals surface area contributed by atoms with Gasteiger partial charge >= 0.3 is 0 Å². The minimum atomic E-state index is -0.611. The fourth-order valence-corrected chi connectivity index (χ4v) is 3.73. The average molecular weight is 452 g/mol. The van der Waals surface area contributed by atoms with Crippen LogP contribution < -0.4 is 29.6 Å². The first-order valence-corrected chi connectivity index (χ1v) is 10.0. The average Bonchev–Trinajstić information content (AvgIpc) is 3.30. The van der Waals surface area contributed by atoms with Crippen LogP contribution in [0.15, 0.2) is 47.7 Å². The number of nitrogens with one attached hydrogen (secondary N) is 2. The number of tetrazole rings is 1. The van der Waals surface area contributed by atoms with Gasteiger partial charge in [0.05, 0.1) is 39.7 Å². The van der Waals surface area contributed by atoms with Crippen molar-refractivity contribution in [3.05, 3.63) is 53.2 Å². The molecule has 4 rings (SSSR count). The fourth-order valence-electron chi connectivity index (χ4n) is 3.73. The minimum absolute atomic E-state index is 0.343. The zero-order chi connectivity index (χ0) is 23.5. The van der Waals surface area contributed by atoms with E-state index in [4.69, 9.17) is 18.9 Å². The van der Waals surface area contributed by atoms with Crippen LogP contribution in [0.5, 0.6) is 23.0 Å². The summed E-state index contributed by atoms with van der Waals surface area (Å²) in [4.78, 5) is 13.6. The zero-order valence-corrected chi connectivity index (χ0v) is 18.9. The molecule has 172 valence electrons. The van der Waals surface area contributed by atoms with Gasteiger partial charge in [-0.3, -0.25) is 4.79 Å². The van der Waals surface area contributed by atoms with E-state index in [1.165, 1.54) is 7.11 Å². The molecule has 0 bridgehead atoms. The number of carbonyl (C=O) groups excluding carboxylic acids is 1. The molecule has 3 aromatic rings. The van der Waals surface area contributed by atoms with Crippen molar-refractivity contribution in [1.29, 1.82) is 0 Å². The maximum absolute atomic E-state index is 13.6. The van der Waals surface area contributed by atoms with Crippen molar-refractivity contribution in [3.8, 4) is 23.0 Å². The molecule has 2 aromatic carbocycles. The lowest BCUT2D eigenvalue weighted by Gasteiger charge is -2.28. The van der Waals surface area contributed by atoms with Crippen molar-refractivity contribution in [2.24, 2.45) is 0 Å². The van der Waals surface area contributed by atoms with E-state index in [1.54, 1.807) is 63.3 Å². The van der Waals surface area contributed by atoms with Gasteiger partial charge in [-0.25, -0.2) is 0 Å². The highest BCUT2D eigenvalue weighted by atomic mass is 16.5. The summed E-state index contributed by atoms with van der Waals surface area (Å²) in [5.74, 6) is 2.26. The second kappa shape index (κ2) is 9.07. The summed E-state index contributed by atoms with van der Waals surface area (Å²) in [7, 11) is 6.20. The van der Waals surface area contributed by atoms with Crippen molar-refractivity contribution in [1.82, 2.24) is 20.2 Å². The van der Waals surface area contributed by atoms with E-state index in [-0.39, 0.29) is 5.91 Å². The molecule has 33 heavy (non-hydrogen) atoms. The van der Waals surface area contributed by atoms with Gasteiger partial charge in [0, 0.05) is 11.8 Å². The van der Waals surface area contributed by atoms with Gasteiger partial charge in [0.25, 0.3) is 5.91 Å². The van der Waals surface area contributed by atoms with Gasteiger partial charge < -0.3 is 29.6 Å².